The van der Waals surface area contributed by atoms with Gasteiger partial charge in [0.25, 0.3) is 29.5 Å². The van der Waals surface area contributed by atoms with Gasteiger partial charge in [-0.1, -0.05) is 248 Å². The second-order valence-corrected chi connectivity index (χ2v) is 37.7. The van der Waals surface area contributed by atoms with Gasteiger partial charge in [0.2, 0.25) is 0 Å². The highest BCUT2D eigenvalue weighted by molar-refractivity contribution is 8.20. The second-order valence-electron chi connectivity index (χ2n) is 32.6. The van der Waals surface area contributed by atoms with Gasteiger partial charge in [-0.15, -0.1) is 0 Å². The van der Waals surface area contributed by atoms with Crippen molar-refractivity contribution in [2.45, 2.75) is 26.9 Å². The van der Waals surface area contributed by atoms with Crippen molar-refractivity contribution < 1.29 is 52.4 Å². The number of para-hydroxylation sites is 5. The number of aromatic nitrogens is 1. The molecule has 7 heterocycles. The zero-order chi connectivity index (χ0) is 101. The van der Waals surface area contributed by atoms with Gasteiger partial charge in [-0.05, 0) is 299 Å². The first kappa shape index (κ1) is 101. The minimum Gasteiger partial charge on any atom is -0.497 e. The number of amides is 5. The van der Waals surface area contributed by atoms with Gasteiger partial charge in [0.15, 0.2) is 43.2 Å². The number of fused-ring (bicyclic) bond motifs is 1. The van der Waals surface area contributed by atoms with Crippen LogP contribution < -0.4 is 52.9 Å². The summed E-state index contributed by atoms with van der Waals surface area (Å²) in [4.78, 5) is 105. The molecule has 15 aromatic rings. The molecular formula is C119H97N11O11S5. The molecule has 0 aliphatic carbocycles. The number of amidine groups is 5. The van der Waals surface area contributed by atoms with Crippen molar-refractivity contribution in [2.24, 2.45) is 25.0 Å². The summed E-state index contributed by atoms with van der Waals surface area (Å²) in [6.45, 7) is 6.13. The Labute approximate surface area is 868 Å². The van der Waals surface area contributed by atoms with Gasteiger partial charge in [-0.25, -0.2) is 20.0 Å². The van der Waals surface area contributed by atoms with E-state index < -0.39 is 0 Å². The van der Waals surface area contributed by atoms with Gasteiger partial charge in [-0.3, -0.25) is 58.5 Å². The predicted octanol–water partition coefficient (Wildman–Crippen LogP) is 27.0. The van der Waals surface area contributed by atoms with Gasteiger partial charge >= 0.3 is 0 Å². The van der Waals surface area contributed by atoms with Gasteiger partial charge < -0.3 is 28.4 Å². The Bertz CT molecular complexity index is 7270. The summed E-state index contributed by atoms with van der Waals surface area (Å²) >= 11 is 6.89. The summed E-state index contributed by atoms with van der Waals surface area (Å²) in [5, 5.41) is 3.21. The Morgan fingerprint density at radius 3 is 0.877 bits per heavy atom. The Kier molecular flexibility index (Phi) is 34.3. The van der Waals surface area contributed by atoms with Crippen LogP contribution in [-0.2, 0) is 37.1 Å². The van der Waals surface area contributed by atoms with Crippen molar-refractivity contribution in [1.29, 1.82) is 0 Å². The van der Waals surface area contributed by atoms with Crippen LogP contribution in [0.5, 0.6) is 34.5 Å². The molecule has 0 atom stereocenters. The van der Waals surface area contributed by atoms with Crippen LogP contribution >= 0.6 is 58.8 Å². The molecule has 14 aromatic carbocycles. The lowest BCUT2D eigenvalue weighted by atomic mass is 10.1. The molecule has 0 spiro atoms. The van der Waals surface area contributed by atoms with Crippen LogP contribution in [0.15, 0.2) is 450 Å². The van der Waals surface area contributed by atoms with Crippen molar-refractivity contribution in [3.63, 3.8) is 0 Å². The molecule has 1 aromatic heterocycles. The molecule has 0 saturated carbocycles. The molecule has 6 aliphatic heterocycles. The van der Waals surface area contributed by atoms with Crippen LogP contribution in [0.25, 0.3) is 30.4 Å². The number of rotatable bonds is 21. The first-order valence-electron chi connectivity index (χ1n) is 46.4. The third-order valence-corrected chi connectivity index (χ3v) is 27.4. The number of carbonyl (C=O) groups excluding carboxylic acids is 5. The van der Waals surface area contributed by atoms with E-state index in [9.17, 15) is 24.0 Å². The Balaban J connectivity index is 0.000000125. The van der Waals surface area contributed by atoms with E-state index in [4.69, 9.17) is 48.4 Å². The number of pyridine rings is 1. The summed E-state index contributed by atoms with van der Waals surface area (Å²) < 4.78 is 32.1. The number of carbonyl (C=O) groups is 5. The molecule has 6 aliphatic rings. The average molecular weight is 2020 g/mol. The van der Waals surface area contributed by atoms with E-state index in [-0.39, 0.29) is 29.5 Å². The third kappa shape index (κ3) is 26.4. The highest BCUT2D eigenvalue weighted by Crippen LogP contribution is 2.44. The molecule has 146 heavy (non-hydrogen) atoms. The summed E-state index contributed by atoms with van der Waals surface area (Å²) in [6, 6.07) is 126. The lowest BCUT2D eigenvalue weighted by Crippen LogP contribution is -2.28. The van der Waals surface area contributed by atoms with Crippen molar-refractivity contribution in [1.82, 2.24) is 4.98 Å². The molecule has 0 radical (unpaired) electrons. The normalized spacial score (nSPS) is 16.9. The van der Waals surface area contributed by atoms with Crippen LogP contribution in [0.1, 0.15) is 50.1 Å². The number of nitrogens with zero attached hydrogens (tertiary/aromatic N) is 11. The van der Waals surface area contributed by atoms with Gasteiger partial charge in [0.1, 0.15) is 36.2 Å². The number of hydrogen-bond acceptors (Lipinski definition) is 22. The number of ether oxygens (including phenoxy) is 6. The molecule has 724 valence electrons. The topological polar surface area (TPSA) is 232 Å². The maximum atomic E-state index is 13.3. The predicted molar refractivity (Wildman–Crippen MR) is 600 cm³/mol. The quantitative estimate of drug-likeness (QED) is 0.0609. The van der Waals surface area contributed by atoms with Gasteiger partial charge in [-0.2, -0.15) is 0 Å². The lowest BCUT2D eigenvalue weighted by Gasteiger charge is -2.18. The first-order chi connectivity index (χ1) is 71.5. The Morgan fingerprint density at radius 2 is 0.548 bits per heavy atom. The fourth-order valence-corrected chi connectivity index (χ4v) is 19.9. The fourth-order valence-electron chi connectivity index (χ4n) is 15.0. The van der Waals surface area contributed by atoms with Crippen molar-refractivity contribution in [3.8, 4) is 34.5 Å². The maximum absolute atomic E-state index is 13.3. The second kappa shape index (κ2) is 49.7. The SMILES string of the molecule is COc1ccc(/C=C2\SC(=NCc3ccccc3)N(c3ccccc3)C2=O)cc1.COc1ccc(/C=C2\SC(=Nc3ccc(C)cc3)N(c3ccccc3)C2=O)cc1.COc1ccc(/C=C2\SC(=Nc3ccc(C)cn3)N(c3ccccc3)C2=O)cc1.COc1ccc(N=C2S/C(=C\c3ccccc3)C(=O)N2c2ccccc2)cc1.O=C1/C(=C/c2ccc3c(c2)OCCO3)SC(=NCc2ccccc2)N1c1ccccc1. The number of benzene rings is 14. The zero-order valence-electron chi connectivity index (χ0n) is 80.3. The molecule has 22 nitrogen and oxygen atoms in total. The number of methoxy groups -OCH3 is 4. The highest BCUT2D eigenvalue weighted by atomic mass is 32.2. The minimum absolute atomic E-state index is 0.0659. The van der Waals surface area contributed by atoms with E-state index in [1.165, 1.54) is 64.4 Å². The summed E-state index contributed by atoms with van der Waals surface area (Å²) in [6.07, 6.45) is 11.2. The molecule has 0 unspecified atom stereocenters. The largest absolute Gasteiger partial charge is 0.497 e. The first-order valence-corrected chi connectivity index (χ1v) is 50.5. The lowest BCUT2D eigenvalue weighted by molar-refractivity contribution is -0.114. The van der Waals surface area contributed by atoms with Crippen molar-refractivity contribution in [2.75, 3.05) is 66.2 Å². The smallest absolute Gasteiger partial charge is 0.271 e. The number of thioether (sulfide) groups is 5. The fraction of sp³-hybridized carbons (Fsp3) is 0.0840. The van der Waals surface area contributed by atoms with Crippen LogP contribution in [0, 0.1) is 13.8 Å². The summed E-state index contributed by atoms with van der Waals surface area (Å²) in [7, 11) is 6.53. The van der Waals surface area contributed by atoms with E-state index in [0.717, 1.165) is 113 Å². The number of anilines is 5. The zero-order valence-corrected chi connectivity index (χ0v) is 84.4. The van der Waals surface area contributed by atoms with Crippen LogP contribution in [0.3, 0.4) is 0 Å². The average Bonchev–Trinajstić information content (AvgIpc) is 1.65. The van der Waals surface area contributed by atoms with E-state index >= 15 is 0 Å². The molecule has 5 fully saturated rings. The molecule has 5 amide bonds. The number of aryl methyl sites for hydroxylation is 2. The Hall–Kier alpha value is -16.8. The van der Waals surface area contributed by atoms with Gasteiger partial charge in [0.05, 0.1) is 106 Å². The highest BCUT2D eigenvalue weighted by Gasteiger charge is 2.40. The van der Waals surface area contributed by atoms with E-state index in [1.807, 2.05) is 439 Å². The Morgan fingerprint density at radius 1 is 0.281 bits per heavy atom. The molecule has 0 bridgehead atoms. The number of aliphatic imine (C=N–C) groups is 5. The van der Waals surface area contributed by atoms with E-state index in [0.29, 0.717) is 88.2 Å². The van der Waals surface area contributed by atoms with E-state index in [2.05, 4.69) is 9.98 Å². The van der Waals surface area contributed by atoms with Gasteiger partial charge in [0, 0.05) is 6.20 Å². The van der Waals surface area contributed by atoms with E-state index in [1.54, 1.807) is 59.1 Å². The summed E-state index contributed by atoms with van der Waals surface area (Å²) in [5.41, 5.74) is 14.7. The van der Waals surface area contributed by atoms with Crippen LogP contribution in [0.2, 0.25) is 0 Å². The minimum atomic E-state index is -0.108. The monoisotopic (exact) mass is 2020 g/mol. The summed E-state index contributed by atoms with van der Waals surface area (Å²) in [5.74, 6) is 4.69. The maximum Gasteiger partial charge on any atom is 0.271 e. The van der Waals surface area contributed by atoms with Crippen LogP contribution in [-0.4, -0.2) is 102 Å². The third-order valence-electron chi connectivity index (χ3n) is 22.4. The number of hydrogen-bond donors (Lipinski definition) is 0. The van der Waals surface area contributed by atoms with Crippen LogP contribution in [0.4, 0.5) is 45.6 Å². The molecule has 21 rings (SSSR count). The van der Waals surface area contributed by atoms with Crippen molar-refractivity contribution in [3.05, 3.63) is 475 Å². The molecule has 27 heteroatoms. The standard InChI is InChI=1S/C25H20N2O3S.2C24H20N2O2S.C23H19N3O2S.C23H18N2O2S/c28-24-23(16-19-11-12-21-22(15-19)30-14-13-29-21)31-25(26-17-18-7-3-1-4-8-18)27(24)20-9-5-2-6-10-20;1-17-8-12-19(13-9-17)25-24-26(20-6-4-3-5-7-20)23(27)22(29-24)16-18-10-14-21(28-2)15-11-18;1-28-21-14-12-18(13-15-21)16-22-23(27)26(20-10-6-3-7-11-20)24(29-22)25-17-19-8-4-2-5-9-19;1-16-8-13-21(24-15-16)25-23-26(18-6-4-3-5-7-18)22(27)20(29-23)14-17-9-11-19(28-2)12-10-17;1-27-20-14-12-18(13-15-20)24-23-25(19-10-6-3-7-11-19)22(26)21(28-23)16-17-8-4-2-5-9-17/h1-12,15-16H,13-14,17H2;3-16H,1-2H3;2-16H,17H2,1H3;3-15H,1-2H3;2-16H,1H3/b23-16-,26-25?;2*22-16-,25-24?;20-14-,25-23?;21-16-,24-23?. The molecule has 0 N–H and O–H groups in total. The van der Waals surface area contributed by atoms with Crippen molar-refractivity contribution >= 4 is 190 Å². The molecule has 5 saturated heterocycles. The molecular weight excluding hydrogens is 1920 g/mol.